The van der Waals surface area contributed by atoms with Gasteiger partial charge in [0.05, 0.1) is 5.71 Å². The Balaban J connectivity index is 2.10. The van der Waals surface area contributed by atoms with Crippen molar-refractivity contribution < 1.29 is 36.3 Å². The molecule has 0 fully saturated rings. The van der Waals surface area contributed by atoms with E-state index in [1.165, 1.54) is 37.3 Å². The van der Waals surface area contributed by atoms with Gasteiger partial charge in [0.25, 0.3) is 0 Å². The van der Waals surface area contributed by atoms with Crippen LogP contribution in [-0.2, 0) is 0 Å². The van der Waals surface area contributed by atoms with Crippen LogP contribution in [0.1, 0.15) is 28.3 Å². The number of furan rings is 1. The van der Waals surface area contributed by atoms with Gasteiger partial charge in [-0.2, -0.15) is 32.1 Å². The van der Waals surface area contributed by atoms with Crippen molar-refractivity contribution >= 4 is 11.6 Å². The van der Waals surface area contributed by atoms with Gasteiger partial charge in [0.1, 0.15) is 5.76 Å². The molecule has 1 aliphatic rings. The predicted molar refractivity (Wildman–Crippen MR) is 83.2 cm³/mol. The van der Waals surface area contributed by atoms with E-state index in [9.17, 15) is 31.9 Å². The van der Waals surface area contributed by atoms with Crippen molar-refractivity contribution in [3.8, 4) is 0 Å². The van der Waals surface area contributed by atoms with Gasteiger partial charge in [-0.3, -0.25) is 4.79 Å². The summed E-state index contributed by atoms with van der Waals surface area (Å²) in [5.41, 5.74) is -4.03. The molecule has 1 atom stereocenters. The quantitative estimate of drug-likeness (QED) is 0.815. The number of amides is 1. The van der Waals surface area contributed by atoms with Crippen molar-refractivity contribution in [2.24, 2.45) is 5.10 Å². The summed E-state index contributed by atoms with van der Waals surface area (Å²) in [6, 6.07) is 9.88. The number of carbonyl (C=O) groups is 1. The van der Waals surface area contributed by atoms with Crippen LogP contribution in [0.4, 0.5) is 22.0 Å². The smallest absolute Gasteiger partial charge is 0.456 e. The lowest BCUT2D eigenvalue weighted by Gasteiger charge is -2.37. The second-order valence-electron chi connectivity index (χ2n) is 6.01. The lowest BCUT2D eigenvalue weighted by Crippen LogP contribution is -2.64. The van der Waals surface area contributed by atoms with Crippen LogP contribution in [0.5, 0.6) is 0 Å². The molecule has 0 aliphatic carbocycles. The number of hydrogen-bond donors (Lipinski definition) is 1. The van der Waals surface area contributed by atoms with Crippen molar-refractivity contribution in [1.82, 2.24) is 5.01 Å². The first kappa shape index (κ1) is 19.0. The molecule has 1 amide bonds. The summed E-state index contributed by atoms with van der Waals surface area (Å²) in [5.74, 6) is -7.35. The maximum atomic E-state index is 14.2. The normalized spacial score (nSPS) is 20.7. The summed E-state index contributed by atoms with van der Waals surface area (Å²) in [6.45, 7) is 1.45. The van der Waals surface area contributed by atoms with Gasteiger partial charge in [-0.15, -0.1) is 0 Å². The molecular weight excluding hydrogens is 375 g/mol. The van der Waals surface area contributed by atoms with Crippen LogP contribution in [0.25, 0.3) is 0 Å². The molecule has 5 nitrogen and oxygen atoms in total. The Morgan fingerprint density at radius 3 is 2.30 bits per heavy atom. The molecule has 1 aromatic carbocycles. The van der Waals surface area contributed by atoms with E-state index in [4.69, 9.17) is 4.42 Å². The van der Waals surface area contributed by atoms with E-state index in [0.717, 1.165) is 6.07 Å². The third-order valence-corrected chi connectivity index (χ3v) is 4.09. The number of halogens is 5. The Morgan fingerprint density at radius 2 is 1.78 bits per heavy atom. The third-order valence-electron chi connectivity index (χ3n) is 4.09. The van der Waals surface area contributed by atoms with Crippen molar-refractivity contribution in [3.05, 3.63) is 59.5 Å². The fraction of sp³-hybridized carbons (Fsp3) is 0.294. The highest BCUT2D eigenvalue weighted by Crippen LogP contribution is 2.49. The molecule has 0 radical (unpaired) electrons. The molecule has 0 bridgehead atoms. The minimum absolute atomic E-state index is 0.194. The SMILES string of the molecule is Cc1ccc(C(=O)N2N=C(c3ccccc3)C[C@]2(O)C(F)(F)C(F)(F)F)o1. The van der Waals surface area contributed by atoms with Crippen LogP contribution in [0, 0.1) is 6.92 Å². The third kappa shape index (κ3) is 2.99. The van der Waals surface area contributed by atoms with Crippen molar-refractivity contribution in [3.63, 3.8) is 0 Å². The van der Waals surface area contributed by atoms with Crippen LogP contribution in [0.15, 0.2) is 52.0 Å². The fourth-order valence-electron chi connectivity index (χ4n) is 2.68. The number of hydrogen-bond acceptors (Lipinski definition) is 4. The summed E-state index contributed by atoms with van der Waals surface area (Å²) in [7, 11) is 0. The Morgan fingerprint density at radius 1 is 1.15 bits per heavy atom. The molecule has 144 valence electrons. The first-order chi connectivity index (χ1) is 12.5. The molecule has 0 unspecified atom stereocenters. The Hall–Kier alpha value is -2.75. The molecule has 1 aromatic heterocycles. The zero-order valence-corrected chi connectivity index (χ0v) is 13.8. The summed E-state index contributed by atoms with van der Waals surface area (Å²) in [5, 5.41) is 13.7. The molecular formula is C17H13F5N2O3. The van der Waals surface area contributed by atoms with E-state index >= 15 is 0 Å². The predicted octanol–water partition coefficient (Wildman–Crippen LogP) is 3.72. The van der Waals surface area contributed by atoms with Gasteiger partial charge < -0.3 is 9.52 Å². The van der Waals surface area contributed by atoms with E-state index < -0.39 is 35.9 Å². The molecule has 1 N–H and O–H groups in total. The van der Waals surface area contributed by atoms with Crippen LogP contribution >= 0.6 is 0 Å². The van der Waals surface area contributed by atoms with Crippen LogP contribution in [0.3, 0.4) is 0 Å². The Bertz CT molecular complexity index is 891. The van der Waals surface area contributed by atoms with Crippen LogP contribution in [0.2, 0.25) is 0 Å². The number of rotatable bonds is 3. The highest BCUT2D eigenvalue weighted by atomic mass is 19.4. The molecule has 27 heavy (non-hydrogen) atoms. The van der Waals surface area contributed by atoms with E-state index in [1.807, 2.05) is 0 Å². The first-order valence-electron chi connectivity index (χ1n) is 7.68. The van der Waals surface area contributed by atoms with Crippen molar-refractivity contribution in [1.29, 1.82) is 0 Å². The van der Waals surface area contributed by atoms with E-state index in [1.54, 1.807) is 6.07 Å². The van der Waals surface area contributed by atoms with Gasteiger partial charge in [0.15, 0.2) is 5.76 Å². The molecule has 0 saturated heterocycles. The van der Waals surface area contributed by atoms with Crippen LogP contribution in [-0.4, -0.2) is 39.6 Å². The minimum atomic E-state index is -6.11. The topological polar surface area (TPSA) is 66.0 Å². The zero-order valence-electron chi connectivity index (χ0n) is 13.8. The van der Waals surface area contributed by atoms with Crippen molar-refractivity contribution in [2.75, 3.05) is 0 Å². The second kappa shape index (κ2) is 6.15. The van der Waals surface area contributed by atoms with Crippen molar-refractivity contribution in [2.45, 2.75) is 31.2 Å². The Kier molecular flexibility index (Phi) is 4.34. The summed E-state index contributed by atoms with van der Waals surface area (Å²) in [4.78, 5) is 12.5. The molecule has 1 aliphatic heterocycles. The average molecular weight is 388 g/mol. The number of nitrogens with zero attached hydrogens (tertiary/aromatic N) is 2. The number of carbonyl (C=O) groups excluding carboxylic acids is 1. The maximum Gasteiger partial charge on any atom is 0.458 e. The van der Waals surface area contributed by atoms with Crippen LogP contribution < -0.4 is 0 Å². The number of benzene rings is 1. The number of alkyl halides is 5. The van der Waals surface area contributed by atoms with E-state index in [-0.39, 0.29) is 22.0 Å². The minimum Gasteiger partial charge on any atom is -0.456 e. The summed E-state index contributed by atoms with van der Waals surface area (Å²) < 4.78 is 72.3. The molecule has 0 saturated carbocycles. The Labute approximate surface area is 149 Å². The number of aliphatic hydroxyl groups is 1. The highest BCUT2D eigenvalue weighted by molar-refractivity contribution is 6.05. The largest absolute Gasteiger partial charge is 0.458 e. The lowest BCUT2D eigenvalue weighted by atomic mass is 9.95. The number of hydrazone groups is 1. The second-order valence-corrected chi connectivity index (χ2v) is 6.01. The zero-order chi connectivity index (χ0) is 20.0. The monoisotopic (exact) mass is 388 g/mol. The standard InChI is InChI=1S/C17H13F5N2O3/c1-10-7-8-13(27-10)14(25)24-15(26,16(18,19)17(20,21)22)9-12(23-24)11-5-3-2-4-6-11/h2-8,26H,9H2,1H3/t15-/m0/s1. The maximum absolute atomic E-state index is 14.2. The van der Waals surface area contributed by atoms with Gasteiger partial charge >= 0.3 is 18.0 Å². The lowest BCUT2D eigenvalue weighted by molar-refractivity contribution is -0.362. The van der Waals surface area contributed by atoms with Gasteiger partial charge in [-0.25, -0.2) is 0 Å². The molecule has 3 rings (SSSR count). The number of aryl methyl sites for hydroxylation is 1. The molecule has 2 heterocycles. The van der Waals surface area contributed by atoms with Gasteiger partial charge in [0, 0.05) is 6.42 Å². The van der Waals surface area contributed by atoms with E-state index in [2.05, 4.69) is 5.10 Å². The highest BCUT2D eigenvalue weighted by Gasteiger charge is 2.75. The molecule has 0 spiro atoms. The summed E-state index contributed by atoms with van der Waals surface area (Å²) >= 11 is 0. The fourth-order valence-corrected chi connectivity index (χ4v) is 2.68. The van der Waals surface area contributed by atoms with E-state index in [0.29, 0.717) is 0 Å². The molecule has 10 heteroatoms. The summed E-state index contributed by atoms with van der Waals surface area (Å²) in [6.07, 6.45) is -7.32. The average Bonchev–Trinajstić information content (AvgIpc) is 3.19. The first-order valence-corrected chi connectivity index (χ1v) is 7.68. The van der Waals surface area contributed by atoms with Gasteiger partial charge in [0.2, 0.25) is 5.72 Å². The molecule has 2 aromatic rings. The van der Waals surface area contributed by atoms with Gasteiger partial charge in [-0.1, -0.05) is 30.3 Å². The van der Waals surface area contributed by atoms with Gasteiger partial charge in [-0.05, 0) is 24.6 Å².